The number of aliphatic carboxylic acids is 1. The number of aromatic nitrogens is 1. The van der Waals surface area contributed by atoms with Crippen LogP contribution in [-0.4, -0.2) is 21.4 Å². The molecule has 0 amide bonds. The first kappa shape index (κ1) is 11.6. The summed E-state index contributed by atoms with van der Waals surface area (Å²) in [4.78, 5) is 34.4. The van der Waals surface area contributed by atoms with Gasteiger partial charge in [-0.1, -0.05) is 0 Å². The second kappa shape index (κ2) is 4.16. The van der Waals surface area contributed by atoms with Crippen molar-refractivity contribution in [2.24, 2.45) is 0 Å². The van der Waals surface area contributed by atoms with Crippen LogP contribution in [0, 0.1) is 0 Å². The fourth-order valence-corrected chi connectivity index (χ4v) is 2.19. The molecule has 1 aliphatic rings. The van der Waals surface area contributed by atoms with Gasteiger partial charge in [0.25, 0.3) is 5.56 Å². The maximum atomic E-state index is 11.7. The maximum Gasteiger partial charge on any atom is 0.326 e. The SMILES string of the molecule is CC(C(=O)O)n1c2c(ccc1=O)C(=O)CCC2. The average molecular weight is 235 g/mol. The van der Waals surface area contributed by atoms with Gasteiger partial charge in [-0.25, -0.2) is 4.79 Å². The predicted molar refractivity (Wildman–Crippen MR) is 60.3 cm³/mol. The molecule has 0 fully saturated rings. The molecule has 1 unspecified atom stereocenters. The molecule has 90 valence electrons. The van der Waals surface area contributed by atoms with Gasteiger partial charge in [0, 0.05) is 23.7 Å². The molecule has 0 aliphatic heterocycles. The Bertz CT molecular complexity index is 544. The zero-order chi connectivity index (χ0) is 12.6. The van der Waals surface area contributed by atoms with Crippen molar-refractivity contribution in [3.63, 3.8) is 0 Å². The van der Waals surface area contributed by atoms with Gasteiger partial charge in [0.2, 0.25) is 0 Å². The van der Waals surface area contributed by atoms with E-state index in [2.05, 4.69) is 0 Å². The van der Waals surface area contributed by atoms with E-state index in [1.54, 1.807) is 0 Å². The normalized spacial score (nSPS) is 16.4. The number of carbonyl (C=O) groups excluding carboxylic acids is 1. The highest BCUT2D eigenvalue weighted by molar-refractivity contribution is 5.98. The summed E-state index contributed by atoms with van der Waals surface area (Å²) in [5.41, 5.74) is 0.681. The standard InChI is InChI=1S/C12H13NO4/c1-7(12(16)17)13-9-3-2-4-10(14)8(9)5-6-11(13)15/h5-7H,2-4H2,1H3,(H,16,17). The van der Waals surface area contributed by atoms with Gasteiger partial charge in [0.1, 0.15) is 6.04 Å². The zero-order valence-electron chi connectivity index (χ0n) is 9.47. The molecule has 2 rings (SSSR count). The van der Waals surface area contributed by atoms with Crippen molar-refractivity contribution in [2.45, 2.75) is 32.2 Å². The third kappa shape index (κ3) is 1.88. The average Bonchev–Trinajstić information content (AvgIpc) is 2.28. The highest BCUT2D eigenvalue weighted by Gasteiger charge is 2.25. The van der Waals surface area contributed by atoms with Crippen molar-refractivity contribution in [2.75, 3.05) is 0 Å². The fourth-order valence-electron chi connectivity index (χ4n) is 2.19. The second-order valence-electron chi connectivity index (χ2n) is 4.19. The van der Waals surface area contributed by atoms with Crippen LogP contribution < -0.4 is 5.56 Å². The fraction of sp³-hybridized carbons (Fsp3) is 0.417. The molecule has 1 N–H and O–H groups in total. The summed E-state index contributed by atoms with van der Waals surface area (Å²) in [6.45, 7) is 1.45. The minimum absolute atomic E-state index is 0.0161. The molecular weight excluding hydrogens is 222 g/mol. The van der Waals surface area contributed by atoms with Crippen LogP contribution in [0.4, 0.5) is 0 Å². The van der Waals surface area contributed by atoms with E-state index in [1.165, 1.54) is 23.6 Å². The number of fused-ring (bicyclic) bond motifs is 1. The Morgan fingerprint density at radius 3 is 2.71 bits per heavy atom. The minimum atomic E-state index is -1.07. The van der Waals surface area contributed by atoms with Gasteiger partial charge in [0.05, 0.1) is 0 Å². The molecule has 0 bridgehead atoms. The van der Waals surface area contributed by atoms with Gasteiger partial charge >= 0.3 is 5.97 Å². The maximum absolute atomic E-state index is 11.7. The first-order valence-corrected chi connectivity index (χ1v) is 5.53. The Kier molecular flexibility index (Phi) is 2.83. The predicted octanol–water partition coefficient (Wildman–Crippen LogP) is 1.01. The van der Waals surface area contributed by atoms with Crippen LogP contribution >= 0.6 is 0 Å². The Balaban J connectivity index is 2.66. The van der Waals surface area contributed by atoms with Crippen LogP contribution in [0.3, 0.4) is 0 Å². The molecule has 17 heavy (non-hydrogen) atoms. The minimum Gasteiger partial charge on any atom is -0.480 e. The number of hydrogen-bond donors (Lipinski definition) is 1. The Morgan fingerprint density at radius 2 is 2.06 bits per heavy atom. The molecule has 0 spiro atoms. The van der Waals surface area contributed by atoms with E-state index in [0.29, 0.717) is 30.5 Å². The van der Waals surface area contributed by atoms with Crippen LogP contribution in [0.1, 0.15) is 41.9 Å². The van der Waals surface area contributed by atoms with E-state index < -0.39 is 12.0 Å². The van der Waals surface area contributed by atoms with Crippen molar-refractivity contribution in [3.8, 4) is 0 Å². The number of hydrogen-bond acceptors (Lipinski definition) is 3. The summed E-state index contributed by atoms with van der Waals surface area (Å²) in [5.74, 6) is -1.09. The van der Waals surface area contributed by atoms with E-state index in [4.69, 9.17) is 5.11 Å². The molecule has 0 saturated heterocycles. The number of Topliss-reactive ketones (excluding diaryl/α,β-unsaturated/α-hetero) is 1. The second-order valence-corrected chi connectivity index (χ2v) is 4.19. The van der Waals surface area contributed by atoms with E-state index in [0.717, 1.165) is 0 Å². The lowest BCUT2D eigenvalue weighted by Crippen LogP contribution is -2.33. The van der Waals surface area contributed by atoms with Crippen LogP contribution in [-0.2, 0) is 11.2 Å². The molecule has 0 radical (unpaired) electrons. The Morgan fingerprint density at radius 1 is 1.35 bits per heavy atom. The summed E-state index contributed by atoms with van der Waals surface area (Å²) >= 11 is 0. The quantitative estimate of drug-likeness (QED) is 0.830. The molecule has 1 aromatic heterocycles. The van der Waals surface area contributed by atoms with Crippen molar-refractivity contribution in [1.82, 2.24) is 4.57 Å². The largest absolute Gasteiger partial charge is 0.480 e. The number of rotatable bonds is 2. The van der Waals surface area contributed by atoms with Gasteiger partial charge in [0.15, 0.2) is 5.78 Å². The van der Waals surface area contributed by atoms with Gasteiger partial charge in [-0.15, -0.1) is 0 Å². The number of carbonyl (C=O) groups is 2. The Labute approximate surface area is 97.7 Å². The van der Waals surface area contributed by atoms with Crippen LogP contribution in [0.25, 0.3) is 0 Å². The lowest BCUT2D eigenvalue weighted by atomic mass is 9.94. The Hall–Kier alpha value is -1.91. The van der Waals surface area contributed by atoms with E-state index >= 15 is 0 Å². The van der Waals surface area contributed by atoms with Crippen molar-refractivity contribution in [3.05, 3.63) is 33.7 Å². The summed E-state index contributed by atoms with van der Waals surface area (Å²) in [5, 5.41) is 8.98. The smallest absolute Gasteiger partial charge is 0.326 e. The van der Waals surface area contributed by atoms with Crippen LogP contribution in [0.15, 0.2) is 16.9 Å². The molecule has 5 heteroatoms. The lowest BCUT2D eigenvalue weighted by Gasteiger charge is -2.22. The van der Waals surface area contributed by atoms with Crippen molar-refractivity contribution in [1.29, 1.82) is 0 Å². The van der Waals surface area contributed by atoms with Gasteiger partial charge < -0.3 is 5.11 Å². The van der Waals surface area contributed by atoms with E-state index in [-0.39, 0.29) is 11.3 Å². The highest BCUT2D eigenvalue weighted by atomic mass is 16.4. The molecular formula is C12H13NO4. The highest BCUT2D eigenvalue weighted by Crippen LogP contribution is 2.21. The molecule has 0 saturated carbocycles. The molecule has 1 atom stereocenters. The van der Waals surface area contributed by atoms with E-state index in [9.17, 15) is 14.4 Å². The first-order valence-electron chi connectivity index (χ1n) is 5.53. The third-order valence-electron chi connectivity index (χ3n) is 3.09. The monoisotopic (exact) mass is 235 g/mol. The first-order chi connectivity index (χ1) is 8.02. The summed E-state index contributed by atoms with van der Waals surface area (Å²) in [6, 6.07) is 1.83. The van der Waals surface area contributed by atoms with Crippen molar-refractivity contribution >= 4 is 11.8 Å². The number of carboxylic acid groups (broad SMARTS) is 1. The summed E-state index contributed by atoms with van der Waals surface area (Å²) in [6.07, 6.45) is 1.71. The number of ketones is 1. The zero-order valence-corrected chi connectivity index (χ0v) is 9.47. The summed E-state index contributed by atoms with van der Waals surface area (Å²) < 4.78 is 1.22. The molecule has 1 heterocycles. The lowest BCUT2D eigenvalue weighted by molar-refractivity contribution is -0.140. The molecule has 1 aromatic rings. The number of carboxylic acids is 1. The molecule has 5 nitrogen and oxygen atoms in total. The van der Waals surface area contributed by atoms with Crippen LogP contribution in [0.5, 0.6) is 0 Å². The molecule has 0 aromatic carbocycles. The topological polar surface area (TPSA) is 76.4 Å². The number of nitrogens with zero attached hydrogens (tertiary/aromatic N) is 1. The van der Waals surface area contributed by atoms with Crippen molar-refractivity contribution < 1.29 is 14.7 Å². The molecule has 1 aliphatic carbocycles. The third-order valence-corrected chi connectivity index (χ3v) is 3.09. The van der Waals surface area contributed by atoms with Gasteiger partial charge in [-0.05, 0) is 25.8 Å². The van der Waals surface area contributed by atoms with Gasteiger partial charge in [-0.3, -0.25) is 14.2 Å². The number of pyridine rings is 1. The summed E-state index contributed by atoms with van der Waals surface area (Å²) in [7, 11) is 0. The van der Waals surface area contributed by atoms with E-state index in [1.807, 2.05) is 0 Å². The van der Waals surface area contributed by atoms with Gasteiger partial charge in [-0.2, -0.15) is 0 Å². The van der Waals surface area contributed by atoms with Crippen LogP contribution in [0.2, 0.25) is 0 Å².